The molecule has 3 aromatic heterocycles. The van der Waals surface area contributed by atoms with Gasteiger partial charge in [-0.2, -0.15) is 5.10 Å². The van der Waals surface area contributed by atoms with E-state index in [-0.39, 0.29) is 12.5 Å². The highest BCUT2D eigenvalue weighted by atomic mass is 16.5. The van der Waals surface area contributed by atoms with Gasteiger partial charge < -0.3 is 14.1 Å². The van der Waals surface area contributed by atoms with Gasteiger partial charge >= 0.3 is 5.97 Å². The molecule has 0 aliphatic carbocycles. The summed E-state index contributed by atoms with van der Waals surface area (Å²) in [6, 6.07) is 15.4. The molecule has 0 saturated carbocycles. The van der Waals surface area contributed by atoms with Crippen molar-refractivity contribution in [3.8, 4) is 11.3 Å². The smallest absolute Gasteiger partial charge is 0.341 e. The number of nitrogens with zero attached hydrogens (tertiary/aromatic N) is 4. The number of hydrogen-bond donors (Lipinski definition) is 0. The number of aryl methyl sites for hydroxylation is 1. The Bertz CT molecular complexity index is 1340. The second-order valence-electron chi connectivity index (χ2n) is 8.06. The Morgan fingerprint density at radius 3 is 2.69 bits per heavy atom. The van der Waals surface area contributed by atoms with E-state index in [2.05, 4.69) is 4.98 Å². The molecule has 1 aromatic carbocycles. The third-order valence-corrected chi connectivity index (χ3v) is 5.46. The minimum absolute atomic E-state index is 0.212. The lowest BCUT2D eigenvalue weighted by atomic mass is 10.1. The first-order valence-corrected chi connectivity index (χ1v) is 11.1. The number of pyridine rings is 1. The van der Waals surface area contributed by atoms with Gasteiger partial charge in [0.15, 0.2) is 0 Å². The zero-order valence-corrected chi connectivity index (χ0v) is 19.8. The Balaban J connectivity index is 1.53. The average Bonchev–Trinajstić information content (AvgIpc) is 3.45. The first-order valence-electron chi connectivity index (χ1n) is 11.1. The molecule has 3 heterocycles. The van der Waals surface area contributed by atoms with Gasteiger partial charge in [0.25, 0.3) is 0 Å². The summed E-state index contributed by atoms with van der Waals surface area (Å²) in [7, 11) is 2.99. The van der Waals surface area contributed by atoms with Gasteiger partial charge in [0, 0.05) is 42.8 Å². The minimum Gasteiger partial charge on any atom is -0.465 e. The number of hydrogen-bond acceptors (Lipinski definition) is 6. The van der Waals surface area contributed by atoms with E-state index in [1.54, 1.807) is 38.5 Å². The lowest BCUT2D eigenvalue weighted by Crippen LogP contribution is -2.23. The standard InChI is InChI=1S/C27H26N4O4/c1-19-24(27(33)34-3)14-23(35-19)18-30(2)25(32)12-11-22-17-31(16-20-8-5-4-6-9-20)29-26(22)21-10-7-13-28-15-21/h4-15,17H,16,18H2,1-3H3/b12-11+. The maximum absolute atomic E-state index is 12.8. The Kier molecular flexibility index (Phi) is 7.21. The van der Waals surface area contributed by atoms with Crippen LogP contribution in [0.1, 0.15) is 33.0 Å². The van der Waals surface area contributed by atoms with Gasteiger partial charge in [0.1, 0.15) is 22.8 Å². The summed E-state index contributed by atoms with van der Waals surface area (Å²) in [5, 5.41) is 4.75. The Hall–Kier alpha value is -4.46. The van der Waals surface area contributed by atoms with Crippen molar-refractivity contribution in [2.75, 3.05) is 14.2 Å². The predicted octanol–water partition coefficient (Wildman–Crippen LogP) is 4.35. The zero-order chi connectivity index (χ0) is 24.8. The Morgan fingerprint density at radius 1 is 1.17 bits per heavy atom. The molecule has 1 amide bonds. The molecule has 178 valence electrons. The van der Waals surface area contributed by atoms with Crippen molar-refractivity contribution >= 4 is 18.0 Å². The molecule has 0 radical (unpaired) electrons. The quantitative estimate of drug-likeness (QED) is 0.281. The van der Waals surface area contributed by atoms with E-state index in [1.165, 1.54) is 18.1 Å². The predicted molar refractivity (Wildman–Crippen MR) is 131 cm³/mol. The average molecular weight is 471 g/mol. The van der Waals surface area contributed by atoms with E-state index in [0.29, 0.717) is 23.6 Å². The number of ether oxygens (including phenoxy) is 1. The normalized spacial score (nSPS) is 11.1. The van der Waals surface area contributed by atoms with Crippen molar-refractivity contribution in [2.24, 2.45) is 0 Å². The van der Waals surface area contributed by atoms with Crippen LogP contribution in [0.2, 0.25) is 0 Å². The molecular weight excluding hydrogens is 444 g/mol. The van der Waals surface area contributed by atoms with Gasteiger partial charge in [0.05, 0.1) is 20.2 Å². The molecule has 4 aromatic rings. The van der Waals surface area contributed by atoms with Crippen molar-refractivity contribution in [3.63, 3.8) is 0 Å². The molecule has 0 atom stereocenters. The molecular formula is C27H26N4O4. The van der Waals surface area contributed by atoms with Crippen LogP contribution < -0.4 is 0 Å². The second-order valence-corrected chi connectivity index (χ2v) is 8.06. The van der Waals surface area contributed by atoms with Crippen LogP contribution in [0.5, 0.6) is 0 Å². The number of benzene rings is 1. The van der Waals surface area contributed by atoms with E-state index < -0.39 is 5.97 Å². The third kappa shape index (κ3) is 5.73. The van der Waals surface area contributed by atoms with Gasteiger partial charge in [-0.15, -0.1) is 0 Å². The number of methoxy groups -OCH3 is 1. The number of amides is 1. The summed E-state index contributed by atoms with van der Waals surface area (Å²) in [5.74, 6) is 0.266. The molecule has 8 nitrogen and oxygen atoms in total. The zero-order valence-electron chi connectivity index (χ0n) is 19.8. The molecule has 8 heteroatoms. The first kappa shape index (κ1) is 23.7. The summed E-state index contributed by atoms with van der Waals surface area (Å²) in [4.78, 5) is 30.3. The van der Waals surface area contributed by atoms with Crippen molar-refractivity contribution in [2.45, 2.75) is 20.0 Å². The summed E-state index contributed by atoms with van der Waals surface area (Å²) in [6.45, 7) is 2.50. The lowest BCUT2D eigenvalue weighted by molar-refractivity contribution is -0.125. The topological polar surface area (TPSA) is 90.5 Å². The summed E-state index contributed by atoms with van der Waals surface area (Å²) >= 11 is 0. The fraction of sp³-hybridized carbons (Fsp3) is 0.185. The maximum Gasteiger partial charge on any atom is 0.341 e. The summed E-state index contributed by atoms with van der Waals surface area (Å²) < 4.78 is 12.2. The number of aromatic nitrogens is 3. The number of carbonyl (C=O) groups excluding carboxylic acids is 2. The molecule has 0 saturated heterocycles. The van der Waals surface area contributed by atoms with Gasteiger partial charge in [0.2, 0.25) is 5.91 Å². The fourth-order valence-corrected chi connectivity index (χ4v) is 3.67. The molecule has 0 N–H and O–H groups in total. The Morgan fingerprint density at radius 2 is 1.97 bits per heavy atom. The van der Waals surface area contributed by atoms with E-state index in [4.69, 9.17) is 14.3 Å². The molecule has 0 unspecified atom stereocenters. The molecule has 35 heavy (non-hydrogen) atoms. The minimum atomic E-state index is -0.471. The van der Waals surface area contributed by atoms with Gasteiger partial charge in [-0.1, -0.05) is 30.3 Å². The van der Waals surface area contributed by atoms with Crippen LogP contribution in [0.4, 0.5) is 0 Å². The number of esters is 1. The van der Waals surface area contributed by atoms with Crippen LogP contribution in [0.3, 0.4) is 0 Å². The number of carbonyl (C=O) groups is 2. The highest BCUT2D eigenvalue weighted by Crippen LogP contribution is 2.23. The Labute approximate surface area is 203 Å². The summed E-state index contributed by atoms with van der Waals surface area (Å²) in [6.07, 6.45) is 8.63. The van der Waals surface area contributed by atoms with Gasteiger partial charge in [-0.3, -0.25) is 14.5 Å². The van der Waals surface area contributed by atoms with Crippen molar-refractivity contribution in [3.05, 3.63) is 101 Å². The highest BCUT2D eigenvalue weighted by molar-refractivity contribution is 5.93. The SMILES string of the molecule is COC(=O)c1cc(CN(C)C(=O)/C=C/c2cn(Cc3ccccc3)nc2-c2cccnc2)oc1C. The van der Waals surface area contributed by atoms with Crippen molar-refractivity contribution < 1.29 is 18.7 Å². The second kappa shape index (κ2) is 10.6. The number of furan rings is 1. The van der Waals surface area contributed by atoms with Crippen LogP contribution in [-0.4, -0.2) is 45.7 Å². The van der Waals surface area contributed by atoms with Gasteiger partial charge in [-0.25, -0.2) is 4.79 Å². The van der Waals surface area contributed by atoms with Crippen molar-refractivity contribution in [1.82, 2.24) is 19.7 Å². The number of rotatable bonds is 8. The first-order chi connectivity index (χ1) is 16.9. The lowest BCUT2D eigenvalue weighted by Gasteiger charge is -2.13. The molecule has 0 spiro atoms. The van der Waals surface area contributed by atoms with Crippen molar-refractivity contribution in [1.29, 1.82) is 0 Å². The van der Waals surface area contributed by atoms with E-state index >= 15 is 0 Å². The molecule has 4 rings (SSSR count). The van der Waals surface area contributed by atoms with Gasteiger partial charge in [-0.05, 0) is 36.8 Å². The highest BCUT2D eigenvalue weighted by Gasteiger charge is 2.17. The van der Waals surface area contributed by atoms with Crippen LogP contribution in [-0.2, 0) is 22.6 Å². The molecule has 0 aliphatic heterocycles. The molecule has 0 bridgehead atoms. The third-order valence-electron chi connectivity index (χ3n) is 5.46. The largest absolute Gasteiger partial charge is 0.465 e. The summed E-state index contributed by atoms with van der Waals surface area (Å²) in [5.41, 5.74) is 3.88. The van der Waals surface area contributed by atoms with Crippen LogP contribution in [0.15, 0.2) is 77.6 Å². The maximum atomic E-state index is 12.8. The molecule has 0 aliphatic rings. The fourth-order valence-electron chi connectivity index (χ4n) is 3.67. The van der Waals surface area contributed by atoms with Crippen LogP contribution in [0.25, 0.3) is 17.3 Å². The van der Waals surface area contributed by atoms with E-state index in [9.17, 15) is 9.59 Å². The monoisotopic (exact) mass is 470 g/mol. The van der Waals surface area contributed by atoms with Crippen LogP contribution in [0, 0.1) is 6.92 Å². The molecule has 0 fully saturated rings. The van der Waals surface area contributed by atoms with Crippen LogP contribution >= 0.6 is 0 Å². The van der Waals surface area contributed by atoms with E-state index in [0.717, 1.165) is 22.4 Å². The van der Waals surface area contributed by atoms with E-state index in [1.807, 2.05) is 53.3 Å². The number of likely N-dealkylation sites (N-methyl/N-ethyl adjacent to an activating group) is 1.